The van der Waals surface area contributed by atoms with Gasteiger partial charge < -0.3 is 10.0 Å². The van der Waals surface area contributed by atoms with Gasteiger partial charge in [-0.3, -0.25) is 0 Å². The number of nitrogens with zero attached hydrogens (tertiary/aromatic N) is 1. The molecular formula is C12H12INO2. The minimum atomic E-state index is -0.828. The molecule has 3 rings (SSSR count). The molecule has 1 aliphatic heterocycles. The molecule has 0 atom stereocenters. The molecule has 3 nitrogen and oxygen atoms in total. The third-order valence-electron chi connectivity index (χ3n) is 3.54. The van der Waals surface area contributed by atoms with Crippen molar-refractivity contribution in [3.8, 4) is 0 Å². The molecule has 1 saturated carbocycles. The first-order chi connectivity index (χ1) is 7.60. The topological polar surface area (TPSA) is 40.5 Å². The minimum absolute atomic E-state index is 0.433. The van der Waals surface area contributed by atoms with E-state index in [1.54, 1.807) is 6.07 Å². The van der Waals surface area contributed by atoms with Gasteiger partial charge in [0.25, 0.3) is 0 Å². The van der Waals surface area contributed by atoms with Gasteiger partial charge in [-0.1, -0.05) is 0 Å². The second-order valence-electron chi connectivity index (χ2n) is 4.82. The molecule has 2 aliphatic rings. The van der Waals surface area contributed by atoms with Crippen LogP contribution in [0.15, 0.2) is 18.2 Å². The van der Waals surface area contributed by atoms with E-state index in [9.17, 15) is 9.90 Å². The van der Waals surface area contributed by atoms with Crippen LogP contribution in [-0.2, 0) is 0 Å². The number of benzene rings is 1. The molecular weight excluding hydrogens is 317 g/mol. The zero-order valence-corrected chi connectivity index (χ0v) is 10.9. The van der Waals surface area contributed by atoms with Crippen LogP contribution in [0.2, 0.25) is 0 Å². The van der Waals surface area contributed by atoms with Crippen LogP contribution in [0.1, 0.15) is 23.2 Å². The molecule has 0 unspecified atom stereocenters. The Hall–Kier alpha value is -0.780. The Labute approximate surface area is 108 Å². The number of halogens is 1. The van der Waals surface area contributed by atoms with Gasteiger partial charge in [0.05, 0.1) is 11.3 Å². The fraction of sp³-hybridized carbons (Fsp3) is 0.417. The average molecular weight is 329 g/mol. The van der Waals surface area contributed by atoms with Crippen molar-refractivity contribution < 1.29 is 9.90 Å². The van der Waals surface area contributed by atoms with Gasteiger partial charge in [-0.15, -0.1) is 0 Å². The molecule has 1 spiro atoms. The summed E-state index contributed by atoms with van der Waals surface area (Å²) in [5, 5.41) is 9.17. The molecule has 16 heavy (non-hydrogen) atoms. The fourth-order valence-corrected chi connectivity index (χ4v) is 2.87. The number of carboxylic acids is 1. The third-order valence-corrected chi connectivity index (χ3v) is 4.21. The summed E-state index contributed by atoms with van der Waals surface area (Å²) in [5.74, 6) is -0.828. The fourth-order valence-electron chi connectivity index (χ4n) is 2.38. The van der Waals surface area contributed by atoms with Gasteiger partial charge in [0, 0.05) is 22.1 Å². The van der Waals surface area contributed by atoms with Crippen LogP contribution >= 0.6 is 22.6 Å². The Morgan fingerprint density at radius 3 is 2.62 bits per heavy atom. The lowest BCUT2D eigenvalue weighted by atomic mass is 9.95. The summed E-state index contributed by atoms with van der Waals surface area (Å²) in [6.45, 7) is 2.07. The average Bonchev–Trinajstić information content (AvgIpc) is 2.95. The summed E-state index contributed by atoms with van der Waals surface area (Å²) < 4.78 is 0.973. The van der Waals surface area contributed by atoms with E-state index >= 15 is 0 Å². The van der Waals surface area contributed by atoms with E-state index in [0.717, 1.165) is 22.3 Å². The van der Waals surface area contributed by atoms with Gasteiger partial charge in [-0.25, -0.2) is 4.79 Å². The van der Waals surface area contributed by atoms with Crippen molar-refractivity contribution in [2.75, 3.05) is 18.0 Å². The molecule has 4 heteroatoms. The number of hydrogen-bond donors (Lipinski definition) is 1. The Morgan fingerprint density at radius 1 is 1.38 bits per heavy atom. The van der Waals surface area contributed by atoms with Crippen LogP contribution < -0.4 is 4.90 Å². The van der Waals surface area contributed by atoms with E-state index in [1.165, 1.54) is 12.8 Å². The molecule has 0 amide bonds. The summed E-state index contributed by atoms with van der Waals surface area (Å²) >= 11 is 2.15. The molecule has 1 aromatic rings. The third kappa shape index (κ3) is 1.59. The van der Waals surface area contributed by atoms with Gasteiger partial charge in [-0.2, -0.15) is 0 Å². The van der Waals surface area contributed by atoms with E-state index in [-0.39, 0.29) is 0 Å². The van der Waals surface area contributed by atoms with Crippen LogP contribution in [0, 0.1) is 8.99 Å². The monoisotopic (exact) mass is 329 g/mol. The quantitative estimate of drug-likeness (QED) is 0.848. The van der Waals surface area contributed by atoms with Crippen molar-refractivity contribution in [2.45, 2.75) is 12.8 Å². The SMILES string of the molecule is O=C(O)c1cc(I)ccc1N1CC2(CC2)C1. The zero-order chi connectivity index (χ0) is 11.3. The Bertz CT molecular complexity index is 460. The van der Waals surface area contributed by atoms with E-state index in [0.29, 0.717) is 11.0 Å². The van der Waals surface area contributed by atoms with E-state index in [1.807, 2.05) is 12.1 Å². The van der Waals surface area contributed by atoms with Gasteiger partial charge in [-0.05, 0) is 53.6 Å². The minimum Gasteiger partial charge on any atom is -0.478 e. The van der Waals surface area contributed by atoms with E-state index < -0.39 is 5.97 Å². The lowest BCUT2D eigenvalue weighted by Crippen LogP contribution is -2.49. The van der Waals surface area contributed by atoms with Crippen molar-refractivity contribution in [3.63, 3.8) is 0 Å². The number of rotatable bonds is 2. The van der Waals surface area contributed by atoms with Gasteiger partial charge in [0.15, 0.2) is 0 Å². The van der Waals surface area contributed by atoms with Crippen LogP contribution in [0.3, 0.4) is 0 Å². The van der Waals surface area contributed by atoms with Gasteiger partial charge >= 0.3 is 5.97 Å². The maximum atomic E-state index is 11.2. The molecule has 0 radical (unpaired) electrons. The molecule has 84 valence electrons. The lowest BCUT2D eigenvalue weighted by molar-refractivity contribution is 0.0697. The normalized spacial score (nSPS) is 20.7. The Morgan fingerprint density at radius 2 is 2.06 bits per heavy atom. The maximum Gasteiger partial charge on any atom is 0.337 e. The largest absolute Gasteiger partial charge is 0.478 e. The first-order valence-electron chi connectivity index (χ1n) is 5.38. The highest BCUT2D eigenvalue weighted by Crippen LogP contribution is 2.54. The number of aromatic carboxylic acids is 1. The zero-order valence-electron chi connectivity index (χ0n) is 8.74. The van der Waals surface area contributed by atoms with E-state index in [2.05, 4.69) is 27.5 Å². The first-order valence-corrected chi connectivity index (χ1v) is 6.45. The van der Waals surface area contributed by atoms with Crippen LogP contribution in [0.5, 0.6) is 0 Å². The number of carbonyl (C=O) groups is 1. The summed E-state index contributed by atoms with van der Waals surface area (Å²) in [4.78, 5) is 13.4. The summed E-state index contributed by atoms with van der Waals surface area (Å²) in [6.07, 6.45) is 2.63. The highest BCUT2D eigenvalue weighted by Gasteiger charge is 2.52. The standard InChI is InChI=1S/C12H12INO2/c13-8-1-2-10(9(5-8)11(15)16)14-6-12(7-14)3-4-12/h1-2,5H,3-4,6-7H2,(H,15,16). The van der Waals surface area contributed by atoms with Crippen LogP contribution in [0.4, 0.5) is 5.69 Å². The molecule has 1 saturated heterocycles. The van der Waals surface area contributed by atoms with Crippen molar-refractivity contribution in [1.82, 2.24) is 0 Å². The summed E-state index contributed by atoms with van der Waals surface area (Å²) in [5.41, 5.74) is 1.87. The van der Waals surface area contributed by atoms with Crippen LogP contribution in [0.25, 0.3) is 0 Å². The lowest BCUT2D eigenvalue weighted by Gasteiger charge is -2.42. The van der Waals surface area contributed by atoms with Crippen molar-refractivity contribution in [3.05, 3.63) is 27.3 Å². The maximum absolute atomic E-state index is 11.2. The highest BCUT2D eigenvalue weighted by atomic mass is 127. The predicted molar refractivity (Wildman–Crippen MR) is 70.0 cm³/mol. The number of hydrogen-bond acceptors (Lipinski definition) is 2. The predicted octanol–water partition coefficient (Wildman–Crippen LogP) is 2.59. The summed E-state index contributed by atoms with van der Waals surface area (Å²) in [7, 11) is 0. The van der Waals surface area contributed by atoms with Crippen molar-refractivity contribution in [2.24, 2.45) is 5.41 Å². The second-order valence-corrected chi connectivity index (χ2v) is 6.07. The molecule has 0 aromatic heterocycles. The number of carboxylic acid groups (broad SMARTS) is 1. The Kier molecular flexibility index (Phi) is 2.18. The molecule has 0 bridgehead atoms. The number of anilines is 1. The highest BCUT2D eigenvalue weighted by molar-refractivity contribution is 14.1. The van der Waals surface area contributed by atoms with Crippen molar-refractivity contribution >= 4 is 34.2 Å². The second kappa shape index (κ2) is 3.35. The molecule has 1 heterocycles. The first kappa shape index (κ1) is 10.4. The Balaban J connectivity index is 1.91. The molecule has 1 N–H and O–H groups in total. The van der Waals surface area contributed by atoms with Crippen molar-refractivity contribution in [1.29, 1.82) is 0 Å². The summed E-state index contributed by atoms with van der Waals surface area (Å²) in [6, 6.07) is 5.65. The smallest absolute Gasteiger partial charge is 0.337 e. The molecule has 1 aliphatic carbocycles. The van der Waals surface area contributed by atoms with Gasteiger partial charge in [0.1, 0.15) is 0 Å². The van der Waals surface area contributed by atoms with Gasteiger partial charge in [0.2, 0.25) is 0 Å². The van der Waals surface area contributed by atoms with E-state index in [4.69, 9.17) is 0 Å². The van der Waals surface area contributed by atoms with Crippen LogP contribution in [-0.4, -0.2) is 24.2 Å². The molecule has 1 aromatic carbocycles. The molecule has 2 fully saturated rings.